The molecule has 1 aromatic carbocycles. The number of rotatable bonds is 4. The van der Waals surface area contributed by atoms with Crippen LogP contribution >= 0.6 is 0 Å². The quantitative estimate of drug-likeness (QED) is 0.729. The highest BCUT2D eigenvalue weighted by atomic mass is 32.2. The van der Waals surface area contributed by atoms with Crippen LogP contribution in [-0.2, 0) is 10.0 Å². The number of carbonyl (C=O) groups is 1. The Labute approximate surface area is 189 Å². The number of carbonyl (C=O) groups excluding carboxylic acids is 1. The van der Waals surface area contributed by atoms with Crippen LogP contribution in [0.5, 0.6) is 0 Å². The van der Waals surface area contributed by atoms with E-state index in [2.05, 4.69) is 24.1 Å². The molecule has 1 aliphatic heterocycles. The summed E-state index contributed by atoms with van der Waals surface area (Å²) in [4.78, 5) is 28.3. The fourth-order valence-electron chi connectivity index (χ4n) is 5.18. The van der Waals surface area contributed by atoms with Gasteiger partial charge in [0, 0.05) is 35.6 Å². The van der Waals surface area contributed by atoms with Crippen molar-refractivity contribution >= 4 is 26.8 Å². The van der Waals surface area contributed by atoms with E-state index in [1.54, 1.807) is 10.4 Å². The number of benzene rings is 1. The van der Waals surface area contributed by atoms with E-state index < -0.39 is 10.0 Å². The fraction of sp³-hybridized carbons (Fsp3) is 0.583. The molecule has 1 saturated heterocycles. The summed E-state index contributed by atoms with van der Waals surface area (Å²) in [6, 6.07) is 5.89. The second-order valence-corrected chi connectivity index (χ2v) is 11.5. The van der Waals surface area contributed by atoms with Gasteiger partial charge >= 0.3 is 0 Å². The molecule has 2 aliphatic rings. The van der Waals surface area contributed by atoms with Crippen LogP contribution in [0.2, 0.25) is 0 Å². The molecule has 174 valence electrons. The molecule has 1 saturated carbocycles. The molecule has 2 aromatic rings. The molecule has 1 amide bonds. The van der Waals surface area contributed by atoms with Crippen molar-refractivity contribution in [3.05, 3.63) is 40.2 Å². The maximum Gasteiger partial charge on any atom is 0.252 e. The molecule has 0 bridgehead atoms. The Hall–Kier alpha value is -2.19. The highest BCUT2D eigenvalue weighted by Gasteiger charge is 2.32. The fourth-order valence-corrected chi connectivity index (χ4v) is 6.90. The molecule has 7 nitrogen and oxygen atoms in total. The van der Waals surface area contributed by atoms with E-state index in [9.17, 15) is 18.0 Å². The topological polar surface area (TPSA) is 99.3 Å². The normalized spacial score (nSPS) is 27.3. The van der Waals surface area contributed by atoms with Crippen LogP contribution in [-0.4, -0.2) is 42.2 Å². The van der Waals surface area contributed by atoms with Gasteiger partial charge in [0.05, 0.1) is 10.5 Å². The van der Waals surface area contributed by atoms with Crippen LogP contribution in [0.25, 0.3) is 10.9 Å². The van der Waals surface area contributed by atoms with Crippen molar-refractivity contribution in [3.63, 3.8) is 0 Å². The molecule has 4 atom stereocenters. The van der Waals surface area contributed by atoms with Crippen molar-refractivity contribution in [1.29, 1.82) is 0 Å². The lowest BCUT2D eigenvalue weighted by molar-refractivity contribution is 0.0892. The van der Waals surface area contributed by atoms with Gasteiger partial charge in [-0.05, 0) is 56.2 Å². The number of pyridine rings is 1. The number of sulfonamides is 1. The van der Waals surface area contributed by atoms with Crippen LogP contribution in [0, 0.1) is 11.8 Å². The molecule has 2 N–H and O–H groups in total. The largest absolute Gasteiger partial charge is 0.349 e. The molecular weight excluding hydrogens is 426 g/mol. The first-order valence-electron chi connectivity index (χ1n) is 11.7. The number of piperidine rings is 1. The lowest BCUT2D eigenvalue weighted by Crippen LogP contribution is -2.44. The lowest BCUT2D eigenvalue weighted by Gasteiger charge is -2.34. The van der Waals surface area contributed by atoms with Gasteiger partial charge in [-0.2, -0.15) is 4.31 Å². The van der Waals surface area contributed by atoms with Gasteiger partial charge in [0.15, 0.2) is 0 Å². The molecule has 8 heteroatoms. The van der Waals surface area contributed by atoms with E-state index >= 15 is 0 Å². The van der Waals surface area contributed by atoms with Gasteiger partial charge in [-0.3, -0.25) is 9.59 Å². The number of aromatic amines is 1. The van der Waals surface area contributed by atoms with Crippen molar-refractivity contribution in [3.8, 4) is 0 Å². The summed E-state index contributed by atoms with van der Waals surface area (Å²) in [5.41, 5.74) is 0.296. The summed E-state index contributed by atoms with van der Waals surface area (Å²) < 4.78 is 28.2. The van der Waals surface area contributed by atoms with Crippen molar-refractivity contribution in [1.82, 2.24) is 14.6 Å². The van der Waals surface area contributed by atoms with Gasteiger partial charge in [-0.1, -0.05) is 33.1 Å². The van der Waals surface area contributed by atoms with Gasteiger partial charge in [-0.25, -0.2) is 8.42 Å². The second-order valence-electron chi connectivity index (χ2n) is 9.56. The molecule has 1 aromatic heterocycles. The molecule has 4 rings (SSSR count). The number of nitrogens with zero attached hydrogens (tertiary/aromatic N) is 1. The van der Waals surface area contributed by atoms with Crippen LogP contribution in [0.3, 0.4) is 0 Å². The number of fused-ring (bicyclic) bond motifs is 1. The summed E-state index contributed by atoms with van der Waals surface area (Å²) in [6.07, 6.45) is 5.82. The number of hydrogen-bond donors (Lipinski definition) is 2. The third-order valence-electron chi connectivity index (χ3n) is 7.43. The number of hydrogen-bond acceptors (Lipinski definition) is 4. The number of H-pyrrole nitrogens is 1. The van der Waals surface area contributed by atoms with Gasteiger partial charge in [0.2, 0.25) is 15.6 Å². The minimum absolute atomic E-state index is 0.0432. The Balaban J connectivity index is 1.71. The van der Waals surface area contributed by atoms with Crippen LogP contribution in [0.15, 0.2) is 34.0 Å². The van der Waals surface area contributed by atoms with Crippen molar-refractivity contribution in [2.24, 2.45) is 11.8 Å². The van der Waals surface area contributed by atoms with E-state index in [1.807, 2.05) is 6.92 Å². The smallest absolute Gasteiger partial charge is 0.252 e. The summed E-state index contributed by atoms with van der Waals surface area (Å²) in [5.74, 6) is 0.540. The summed E-state index contributed by atoms with van der Waals surface area (Å²) in [5, 5.41) is 3.56. The predicted octanol–water partition coefficient (Wildman–Crippen LogP) is 3.65. The summed E-state index contributed by atoms with van der Waals surface area (Å²) >= 11 is 0. The zero-order valence-corrected chi connectivity index (χ0v) is 19.9. The summed E-state index contributed by atoms with van der Waals surface area (Å²) in [7, 11) is -3.69. The average molecular weight is 460 g/mol. The van der Waals surface area contributed by atoms with Crippen LogP contribution < -0.4 is 10.9 Å². The lowest BCUT2D eigenvalue weighted by atomic mass is 9.78. The molecule has 4 unspecified atom stereocenters. The zero-order chi connectivity index (χ0) is 23.0. The van der Waals surface area contributed by atoms with E-state index in [0.29, 0.717) is 29.3 Å². The van der Waals surface area contributed by atoms with Gasteiger partial charge in [0.25, 0.3) is 5.91 Å². The van der Waals surface area contributed by atoms with Gasteiger partial charge in [0.1, 0.15) is 0 Å². The van der Waals surface area contributed by atoms with E-state index in [0.717, 1.165) is 38.5 Å². The van der Waals surface area contributed by atoms with Gasteiger partial charge < -0.3 is 10.3 Å². The van der Waals surface area contributed by atoms with Crippen LogP contribution in [0.1, 0.15) is 69.7 Å². The van der Waals surface area contributed by atoms with E-state index in [4.69, 9.17) is 0 Å². The van der Waals surface area contributed by atoms with Crippen molar-refractivity contribution < 1.29 is 13.2 Å². The second kappa shape index (κ2) is 8.98. The molecular formula is C24H33N3O4S. The third kappa shape index (κ3) is 4.35. The van der Waals surface area contributed by atoms with E-state index in [1.165, 1.54) is 18.2 Å². The molecule has 0 spiro atoms. The van der Waals surface area contributed by atoms with Gasteiger partial charge in [-0.15, -0.1) is 0 Å². The van der Waals surface area contributed by atoms with Crippen molar-refractivity contribution in [2.45, 2.75) is 76.3 Å². The first-order valence-corrected chi connectivity index (χ1v) is 13.1. The molecule has 2 heterocycles. The van der Waals surface area contributed by atoms with Crippen molar-refractivity contribution in [2.75, 3.05) is 6.54 Å². The number of aromatic nitrogens is 1. The zero-order valence-electron chi connectivity index (χ0n) is 19.1. The highest BCUT2D eigenvalue weighted by Crippen LogP contribution is 2.31. The number of nitrogens with one attached hydrogen (secondary N) is 2. The molecule has 32 heavy (non-hydrogen) atoms. The molecule has 2 fully saturated rings. The molecule has 1 aliphatic carbocycles. The molecule has 0 radical (unpaired) electrons. The summed E-state index contributed by atoms with van der Waals surface area (Å²) in [6.45, 7) is 6.78. The Morgan fingerprint density at radius 1 is 1.06 bits per heavy atom. The first kappa shape index (κ1) is 23.0. The maximum absolute atomic E-state index is 13.3. The Bertz CT molecular complexity index is 1170. The monoisotopic (exact) mass is 459 g/mol. The third-order valence-corrected chi connectivity index (χ3v) is 9.44. The Kier molecular flexibility index (Phi) is 6.45. The SMILES string of the molecule is CC1CCCC(NC(=O)c2cc(=O)[nH]c3ccc(S(=O)(=O)N4CCCCC4C)cc23)C1C. The number of amides is 1. The minimum Gasteiger partial charge on any atom is -0.349 e. The standard InChI is InChI=1S/C24H33N3O4S/c1-15-7-6-9-21(17(15)3)26-24(29)20-14-23(28)25-22-11-10-18(13-19(20)22)32(30,31)27-12-5-4-8-16(27)2/h10-11,13-17,21H,4-9,12H2,1-3H3,(H,25,28)(H,26,29). The maximum atomic E-state index is 13.3. The Morgan fingerprint density at radius 3 is 2.59 bits per heavy atom. The highest BCUT2D eigenvalue weighted by molar-refractivity contribution is 7.89. The first-order chi connectivity index (χ1) is 15.2. The van der Waals surface area contributed by atoms with E-state index in [-0.39, 0.29) is 34.0 Å². The minimum atomic E-state index is -3.69. The van der Waals surface area contributed by atoms with Crippen LogP contribution in [0.4, 0.5) is 0 Å². The predicted molar refractivity (Wildman–Crippen MR) is 125 cm³/mol. The Morgan fingerprint density at radius 2 is 1.84 bits per heavy atom. The average Bonchev–Trinajstić information content (AvgIpc) is 2.76.